The van der Waals surface area contributed by atoms with E-state index >= 15 is 0 Å². The van der Waals surface area contributed by atoms with Gasteiger partial charge in [-0.3, -0.25) is 5.41 Å². The highest BCUT2D eigenvalue weighted by Gasteiger charge is 2.06. The number of rotatable bonds is 6. The molecule has 0 aromatic heterocycles. The van der Waals surface area contributed by atoms with E-state index < -0.39 is 0 Å². The maximum atomic E-state index is 7.45. The first-order valence-electron chi connectivity index (χ1n) is 5.42. The van der Waals surface area contributed by atoms with Crippen LogP contribution in [0.3, 0.4) is 0 Å². The van der Waals surface area contributed by atoms with Crippen LogP contribution in [0, 0.1) is 5.41 Å². The summed E-state index contributed by atoms with van der Waals surface area (Å²) in [4.78, 5) is 0. The van der Waals surface area contributed by atoms with Gasteiger partial charge in [-0.2, -0.15) is 0 Å². The quantitative estimate of drug-likeness (QED) is 0.478. The van der Waals surface area contributed by atoms with Crippen LogP contribution in [0.2, 0.25) is 0 Å². The summed E-state index contributed by atoms with van der Waals surface area (Å²) >= 11 is 3.38. The molecule has 0 amide bonds. The lowest BCUT2D eigenvalue weighted by Gasteiger charge is -2.10. The van der Waals surface area contributed by atoms with Crippen molar-refractivity contribution in [2.24, 2.45) is 5.73 Å². The highest BCUT2D eigenvalue weighted by Crippen LogP contribution is 2.23. The Bertz CT molecular complexity index is 366. The number of nitrogen functional groups attached to an aromatic ring is 1. The van der Waals surface area contributed by atoms with Crippen LogP contribution in [-0.2, 0) is 0 Å². The monoisotopic (exact) mass is 284 g/mol. The van der Waals surface area contributed by atoms with Gasteiger partial charge in [0.15, 0.2) is 0 Å². The molecule has 0 bridgehead atoms. The molecule has 0 saturated heterocycles. The average molecular weight is 285 g/mol. The number of halogens is 1. The van der Waals surface area contributed by atoms with Crippen LogP contribution in [0.4, 0.5) is 0 Å². The molecule has 0 unspecified atom stereocenters. The van der Waals surface area contributed by atoms with E-state index in [0.717, 1.165) is 17.3 Å². The van der Waals surface area contributed by atoms with Crippen LogP contribution in [0.1, 0.15) is 31.7 Å². The van der Waals surface area contributed by atoms with Crippen molar-refractivity contribution < 1.29 is 4.74 Å². The maximum Gasteiger partial charge on any atom is 0.131 e. The molecule has 0 aliphatic heterocycles. The van der Waals surface area contributed by atoms with Crippen molar-refractivity contribution in [1.82, 2.24) is 0 Å². The number of nitrogens with two attached hydrogens (primary N) is 1. The molecule has 4 heteroatoms. The normalized spacial score (nSPS) is 10.1. The summed E-state index contributed by atoms with van der Waals surface area (Å²) in [6.07, 6.45) is 3.35. The lowest BCUT2D eigenvalue weighted by atomic mass is 10.2. The second-order valence-corrected chi connectivity index (χ2v) is 4.53. The minimum atomic E-state index is 0.0398. The van der Waals surface area contributed by atoms with Crippen LogP contribution in [0.25, 0.3) is 0 Å². The van der Waals surface area contributed by atoms with E-state index in [1.165, 1.54) is 6.42 Å². The zero-order valence-corrected chi connectivity index (χ0v) is 11.0. The van der Waals surface area contributed by atoms with Crippen LogP contribution >= 0.6 is 15.9 Å². The summed E-state index contributed by atoms with van der Waals surface area (Å²) in [5.41, 5.74) is 6.14. The third-order valence-electron chi connectivity index (χ3n) is 2.24. The molecule has 16 heavy (non-hydrogen) atoms. The zero-order chi connectivity index (χ0) is 12.0. The van der Waals surface area contributed by atoms with Crippen molar-refractivity contribution in [3.63, 3.8) is 0 Å². The third-order valence-corrected chi connectivity index (χ3v) is 2.73. The third kappa shape index (κ3) is 3.85. The molecule has 0 saturated carbocycles. The predicted molar refractivity (Wildman–Crippen MR) is 70.2 cm³/mol. The van der Waals surface area contributed by atoms with E-state index in [2.05, 4.69) is 22.9 Å². The molecule has 1 aromatic rings. The second-order valence-electron chi connectivity index (χ2n) is 3.61. The fourth-order valence-corrected chi connectivity index (χ4v) is 1.71. The van der Waals surface area contributed by atoms with Gasteiger partial charge in [-0.25, -0.2) is 0 Å². The first-order valence-corrected chi connectivity index (χ1v) is 6.21. The lowest BCUT2D eigenvalue weighted by Crippen LogP contribution is -2.13. The highest BCUT2D eigenvalue weighted by atomic mass is 79.9. The van der Waals surface area contributed by atoms with E-state index in [-0.39, 0.29) is 5.84 Å². The topological polar surface area (TPSA) is 59.1 Å². The van der Waals surface area contributed by atoms with Crippen molar-refractivity contribution in [3.8, 4) is 5.75 Å². The Hall–Kier alpha value is -1.03. The van der Waals surface area contributed by atoms with Crippen molar-refractivity contribution in [3.05, 3.63) is 28.2 Å². The molecule has 3 N–H and O–H groups in total. The van der Waals surface area contributed by atoms with E-state index in [1.54, 1.807) is 6.07 Å². The van der Waals surface area contributed by atoms with Gasteiger partial charge in [0.25, 0.3) is 0 Å². The summed E-state index contributed by atoms with van der Waals surface area (Å²) in [6, 6.07) is 5.50. The van der Waals surface area contributed by atoms with Gasteiger partial charge in [-0.1, -0.05) is 35.7 Å². The molecular formula is C12H17BrN2O. The highest BCUT2D eigenvalue weighted by molar-refractivity contribution is 9.10. The van der Waals surface area contributed by atoms with Gasteiger partial charge in [0.1, 0.15) is 11.6 Å². The largest absolute Gasteiger partial charge is 0.493 e. The van der Waals surface area contributed by atoms with Crippen molar-refractivity contribution in [2.75, 3.05) is 6.61 Å². The minimum absolute atomic E-state index is 0.0398. The van der Waals surface area contributed by atoms with Gasteiger partial charge in [0, 0.05) is 4.47 Å². The molecule has 1 aromatic carbocycles. The number of benzene rings is 1. The molecular weight excluding hydrogens is 268 g/mol. The molecule has 0 radical (unpaired) electrons. The second kappa shape index (κ2) is 6.53. The molecule has 0 aliphatic rings. The summed E-state index contributed by atoms with van der Waals surface area (Å²) in [5.74, 6) is 0.718. The number of unbranched alkanes of at least 4 members (excludes halogenated alkanes) is 2. The molecule has 0 heterocycles. The number of hydrogen-bond donors (Lipinski definition) is 2. The molecule has 0 atom stereocenters. The van der Waals surface area contributed by atoms with Crippen LogP contribution in [-0.4, -0.2) is 12.4 Å². The van der Waals surface area contributed by atoms with Gasteiger partial charge in [0.2, 0.25) is 0 Å². The molecule has 3 nitrogen and oxygen atoms in total. The summed E-state index contributed by atoms with van der Waals surface area (Å²) in [7, 11) is 0. The van der Waals surface area contributed by atoms with Crippen LogP contribution in [0.5, 0.6) is 5.75 Å². The van der Waals surface area contributed by atoms with Crippen molar-refractivity contribution >= 4 is 21.8 Å². The zero-order valence-electron chi connectivity index (χ0n) is 9.42. The molecule has 88 valence electrons. The fourth-order valence-electron chi connectivity index (χ4n) is 1.37. The number of amidine groups is 1. The van der Waals surface area contributed by atoms with Crippen LogP contribution in [0.15, 0.2) is 22.7 Å². The van der Waals surface area contributed by atoms with E-state index in [0.29, 0.717) is 17.9 Å². The van der Waals surface area contributed by atoms with Crippen molar-refractivity contribution in [1.29, 1.82) is 5.41 Å². The summed E-state index contributed by atoms with van der Waals surface area (Å²) in [5, 5.41) is 7.45. The number of hydrogen-bond acceptors (Lipinski definition) is 2. The smallest absolute Gasteiger partial charge is 0.131 e. The van der Waals surface area contributed by atoms with Gasteiger partial charge in [-0.15, -0.1) is 0 Å². The number of nitrogens with one attached hydrogen (secondary N) is 1. The Morgan fingerprint density at radius 1 is 1.44 bits per heavy atom. The fraction of sp³-hybridized carbons (Fsp3) is 0.417. The first kappa shape index (κ1) is 13.0. The van der Waals surface area contributed by atoms with E-state index in [4.69, 9.17) is 15.9 Å². The summed E-state index contributed by atoms with van der Waals surface area (Å²) < 4.78 is 6.56. The SMILES string of the molecule is CCCCCOc1cc(Br)ccc1C(=N)N. The molecule has 0 aliphatic carbocycles. The molecule has 1 rings (SSSR count). The summed E-state index contributed by atoms with van der Waals surface area (Å²) in [6.45, 7) is 2.82. The standard InChI is InChI=1S/C12H17BrN2O/c1-2-3-4-7-16-11-8-9(13)5-6-10(11)12(14)15/h5-6,8H,2-4,7H2,1H3,(H3,14,15). The first-order chi connectivity index (χ1) is 7.65. The van der Waals surface area contributed by atoms with Crippen LogP contribution < -0.4 is 10.5 Å². The van der Waals surface area contributed by atoms with Gasteiger partial charge >= 0.3 is 0 Å². The average Bonchev–Trinajstić information content (AvgIpc) is 2.24. The van der Waals surface area contributed by atoms with Gasteiger partial charge in [0.05, 0.1) is 12.2 Å². The Morgan fingerprint density at radius 2 is 2.19 bits per heavy atom. The molecule has 0 spiro atoms. The van der Waals surface area contributed by atoms with Gasteiger partial charge < -0.3 is 10.5 Å². The Kier molecular flexibility index (Phi) is 5.32. The molecule has 0 fully saturated rings. The minimum Gasteiger partial charge on any atom is -0.493 e. The number of ether oxygens (including phenoxy) is 1. The Morgan fingerprint density at radius 3 is 2.81 bits per heavy atom. The van der Waals surface area contributed by atoms with E-state index in [9.17, 15) is 0 Å². The maximum absolute atomic E-state index is 7.45. The Balaban J connectivity index is 2.68. The van der Waals surface area contributed by atoms with Crippen molar-refractivity contribution in [2.45, 2.75) is 26.2 Å². The lowest BCUT2D eigenvalue weighted by molar-refractivity contribution is 0.305. The van der Waals surface area contributed by atoms with Gasteiger partial charge in [-0.05, 0) is 24.6 Å². The Labute approximate surface area is 105 Å². The van der Waals surface area contributed by atoms with E-state index in [1.807, 2.05) is 12.1 Å². The predicted octanol–water partition coefficient (Wildman–Crippen LogP) is 3.30.